The normalized spacial score (nSPS) is 10.5. The molecule has 21 heavy (non-hydrogen) atoms. The molecule has 2 aromatic rings. The van der Waals surface area contributed by atoms with Crippen molar-refractivity contribution in [1.29, 1.82) is 0 Å². The summed E-state index contributed by atoms with van der Waals surface area (Å²) in [4.78, 5) is 13.6. The zero-order valence-corrected chi connectivity index (χ0v) is 12.3. The fourth-order valence-corrected chi connectivity index (χ4v) is 2.00. The summed E-state index contributed by atoms with van der Waals surface area (Å²) in [5.74, 6) is 0.392. The Kier molecular flexibility index (Phi) is 4.57. The summed E-state index contributed by atoms with van der Waals surface area (Å²) in [5, 5.41) is 6.60. The van der Waals surface area contributed by atoms with Gasteiger partial charge in [0.15, 0.2) is 0 Å². The van der Waals surface area contributed by atoms with Crippen molar-refractivity contribution in [1.82, 2.24) is 15.4 Å². The zero-order valence-electron chi connectivity index (χ0n) is 12.3. The molecule has 0 aliphatic carbocycles. The summed E-state index contributed by atoms with van der Waals surface area (Å²) in [6, 6.07) is 5.91. The quantitative estimate of drug-likeness (QED) is 0.942. The van der Waals surface area contributed by atoms with E-state index in [9.17, 15) is 9.18 Å². The molecule has 0 bridgehead atoms. The Morgan fingerprint density at radius 2 is 2.19 bits per heavy atom. The molecule has 2 rings (SSSR count). The first kappa shape index (κ1) is 15.0. The molecule has 1 aromatic carbocycles. The van der Waals surface area contributed by atoms with Gasteiger partial charge in [0, 0.05) is 19.2 Å². The number of aryl methyl sites for hydroxylation is 2. The van der Waals surface area contributed by atoms with Gasteiger partial charge >= 0.3 is 6.03 Å². The van der Waals surface area contributed by atoms with Crippen molar-refractivity contribution in [2.75, 3.05) is 7.05 Å². The second kappa shape index (κ2) is 6.39. The summed E-state index contributed by atoms with van der Waals surface area (Å²) >= 11 is 0. The van der Waals surface area contributed by atoms with Crippen molar-refractivity contribution in [3.63, 3.8) is 0 Å². The highest BCUT2D eigenvalue weighted by molar-refractivity contribution is 5.73. The number of amides is 2. The van der Waals surface area contributed by atoms with Gasteiger partial charge in [-0.2, -0.15) is 0 Å². The van der Waals surface area contributed by atoms with Gasteiger partial charge < -0.3 is 14.7 Å². The molecule has 6 heteroatoms. The average molecular weight is 291 g/mol. The van der Waals surface area contributed by atoms with Crippen LogP contribution in [0.3, 0.4) is 0 Å². The molecule has 0 fully saturated rings. The molecule has 0 saturated carbocycles. The second-order valence-corrected chi connectivity index (χ2v) is 4.95. The van der Waals surface area contributed by atoms with Gasteiger partial charge in [0.05, 0.1) is 12.2 Å². The monoisotopic (exact) mass is 291 g/mol. The predicted molar refractivity (Wildman–Crippen MR) is 76.1 cm³/mol. The van der Waals surface area contributed by atoms with E-state index in [0.29, 0.717) is 17.9 Å². The molecule has 112 valence electrons. The third kappa shape index (κ3) is 3.81. The molecular formula is C15H18FN3O2. The zero-order chi connectivity index (χ0) is 15.4. The highest BCUT2D eigenvalue weighted by Gasteiger charge is 2.15. The van der Waals surface area contributed by atoms with E-state index in [1.165, 1.54) is 17.0 Å². The van der Waals surface area contributed by atoms with Crippen LogP contribution < -0.4 is 5.32 Å². The molecule has 1 heterocycles. The maximum atomic E-state index is 13.1. The van der Waals surface area contributed by atoms with E-state index in [2.05, 4.69) is 10.5 Å². The number of aromatic nitrogens is 1. The first-order chi connectivity index (χ1) is 9.97. The van der Waals surface area contributed by atoms with Gasteiger partial charge in [0.1, 0.15) is 11.6 Å². The Morgan fingerprint density at radius 1 is 1.43 bits per heavy atom. The lowest BCUT2D eigenvalue weighted by Crippen LogP contribution is -2.36. The molecule has 0 atom stereocenters. The fraction of sp³-hybridized carbons (Fsp3) is 0.333. The van der Waals surface area contributed by atoms with E-state index < -0.39 is 0 Å². The smallest absolute Gasteiger partial charge is 0.317 e. The number of hydrogen-bond donors (Lipinski definition) is 1. The number of carbonyl (C=O) groups is 1. The van der Waals surface area contributed by atoms with Gasteiger partial charge in [-0.25, -0.2) is 9.18 Å². The first-order valence-corrected chi connectivity index (χ1v) is 6.62. The molecule has 5 nitrogen and oxygen atoms in total. The van der Waals surface area contributed by atoms with Crippen LogP contribution >= 0.6 is 0 Å². The van der Waals surface area contributed by atoms with E-state index in [4.69, 9.17) is 4.52 Å². The van der Waals surface area contributed by atoms with Crippen LogP contribution in [0.5, 0.6) is 0 Å². The van der Waals surface area contributed by atoms with Crippen molar-refractivity contribution in [2.45, 2.75) is 26.9 Å². The Balaban J connectivity index is 1.91. The van der Waals surface area contributed by atoms with Gasteiger partial charge in [0.25, 0.3) is 0 Å². The largest absolute Gasteiger partial charge is 0.361 e. The summed E-state index contributed by atoms with van der Waals surface area (Å²) in [6.45, 7) is 4.34. The molecule has 0 radical (unpaired) electrons. The number of carbonyl (C=O) groups excluding carboxylic acids is 1. The van der Waals surface area contributed by atoms with Crippen molar-refractivity contribution in [3.8, 4) is 0 Å². The topological polar surface area (TPSA) is 58.4 Å². The van der Waals surface area contributed by atoms with Crippen molar-refractivity contribution >= 4 is 6.03 Å². The lowest BCUT2D eigenvalue weighted by atomic mass is 10.2. The third-order valence-corrected chi connectivity index (χ3v) is 3.26. The van der Waals surface area contributed by atoms with Crippen molar-refractivity contribution in [2.24, 2.45) is 0 Å². The minimum absolute atomic E-state index is 0.237. The Bertz CT molecular complexity index is 620. The van der Waals surface area contributed by atoms with E-state index >= 15 is 0 Å². The predicted octanol–water partition coefficient (Wildman–Crippen LogP) is 2.77. The molecule has 2 amide bonds. The maximum Gasteiger partial charge on any atom is 0.317 e. The number of hydrogen-bond acceptors (Lipinski definition) is 3. The number of rotatable bonds is 4. The number of nitrogens with one attached hydrogen (secondary N) is 1. The Hall–Kier alpha value is -2.37. The number of urea groups is 1. The highest BCUT2D eigenvalue weighted by atomic mass is 19.1. The minimum Gasteiger partial charge on any atom is -0.361 e. The Morgan fingerprint density at radius 3 is 2.81 bits per heavy atom. The number of benzene rings is 1. The summed E-state index contributed by atoms with van der Waals surface area (Å²) < 4.78 is 18.1. The molecule has 0 aliphatic heterocycles. The van der Waals surface area contributed by atoms with Gasteiger partial charge in [-0.15, -0.1) is 0 Å². The van der Waals surface area contributed by atoms with Gasteiger partial charge in [-0.05, 0) is 31.5 Å². The van der Waals surface area contributed by atoms with Crippen LogP contribution in [0.15, 0.2) is 28.8 Å². The first-order valence-electron chi connectivity index (χ1n) is 6.62. The number of halogens is 1. The van der Waals surface area contributed by atoms with Crippen LogP contribution in [0.25, 0.3) is 0 Å². The number of nitrogens with zero attached hydrogens (tertiary/aromatic N) is 2. The molecule has 1 N–H and O–H groups in total. The van der Waals surface area contributed by atoms with Crippen molar-refractivity contribution in [3.05, 3.63) is 52.7 Å². The van der Waals surface area contributed by atoms with Crippen LogP contribution in [-0.2, 0) is 13.1 Å². The molecule has 0 saturated heterocycles. The summed E-state index contributed by atoms with van der Waals surface area (Å²) in [5.41, 5.74) is 2.39. The van der Waals surface area contributed by atoms with Crippen LogP contribution in [0, 0.1) is 19.7 Å². The van der Waals surface area contributed by atoms with Gasteiger partial charge in [-0.1, -0.05) is 17.3 Å². The van der Waals surface area contributed by atoms with E-state index in [1.54, 1.807) is 19.2 Å². The van der Waals surface area contributed by atoms with Crippen LogP contribution in [0.4, 0.5) is 9.18 Å². The molecule has 1 aromatic heterocycles. The molecule has 0 spiro atoms. The fourth-order valence-electron chi connectivity index (χ4n) is 2.00. The maximum absolute atomic E-state index is 13.1. The molecular weight excluding hydrogens is 273 g/mol. The standard InChI is InChI=1S/C15H18FN3O2/c1-10-14(11(2)21-18-10)9-19(3)15(20)17-8-12-5-4-6-13(16)7-12/h4-7H,8-9H2,1-3H3,(H,17,20). The minimum atomic E-state index is -0.314. The van der Waals surface area contributed by atoms with Crippen LogP contribution in [-0.4, -0.2) is 23.1 Å². The van der Waals surface area contributed by atoms with Crippen LogP contribution in [0.1, 0.15) is 22.6 Å². The third-order valence-electron chi connectivity index (χ3n) is 3.26. The molecule has 0 unspecified atom stereocenters. The summed E-state index contributed by atoms with van der Waals surface area (Å²) in [6.07, 6.45) is 0. The SMILES string of the molecule is Cc1noc(C)c1CN(C)C(=O)NCc1cccc(F)c1. The van der Waals surface area contributed by atoms with E-state index in [0.717, 1.165) is 11.3 Å². The van der Waals surface area contributed by atoms with Gasteiger partial charge in [-0.3, -0.25) is 0 Å². The second-order valence-electron chi connectivity index (χ2n) is 4.95. The lowest BCUT2D eigenvalue weighted by Gasteiger charge is -2.17. The highest BCUT2D eigenvalue weighted by Crippen LogP contribution is 2.14. The summed E-state index contributed by atoms with van der Waals surface area (Å²) in [7, 11) is 1.69. The van der Waals surface area contributed by atoms with Gasteiger partial charge in [0.2, 0.25) is 0 Å². The average Bonchev–Trinajstić information content (AvgIpc) is 2.76. The van der Waals surface area contributed by atoms with E-state index in [1.807, 2.05) is 13.8 Å². The lowest BCUT2D eigenvalue weighted by molar-refractivity contribution is 0.206. The van der Waals surface area contributed by atoms with Crippen LogP contribution in [0.2, 0.25) is 0 Å². The Labute approximate surface area is 122 Å². The molecule has 0 aliphatic rings. The van der Waals surface area contributed by atoms with Crippen molar-refractivity contribution < 1.29 is 13.7 Å². The van der Waals surface area contributed by atoms with E-state index in [-0.39, 0.29) is 18.4 Å².